The summed E-state index contributed by atoms with van der Waals surface area (Å²) in [6.45, 7) is 8.74. The number of sulfone groups is 1. The number of nitrogens with zero attached hydrogens (tertiary/aromatic N) is 2. The molecule has 6 heteroatoms. The maximum atomic E-state index is 11.8. The summed E-state index contributed by atoms with van der Waals surface area (Å²) in [5, 5.41) is 0. The molecule has 202 valence electrons. The molecule has 0 saturated heterocycles. The SMILES string of the molecule is CS(=O)(=O)c1cccc2c1C=CC(=[N+]=[N-])C2=O.Cc1ccc(C(C)(c2ccc(C)cc2)c2ccc(C)cc2)cc1. The smallest absolute Gasteiger partial charge is 0.361 e. The van der Waals surface area contributed by atoms with E-state index >= 15 is 0 Å². The molecule has 0 bridgehead atoms. The normalized spacial score (nSPS) is 12.7. The number of carbonyl (C=O) groups excluding carboxylic acids is 1. The van der Waals surface area contributed by atoms with Gasteiger partial charge in [0.15, 0.2) is 9.84 Å². The van der Waals surface area contributed by atoms with E-state index in [2.05, 4.69) is 105 Å². The van der Waals surface area contributed by atoms with Gasteiger partial charge >= 0.3 is 5.71 Å². The molecule has 1 aliphatic rings. The Balaban J connectivity index is 0.000000194. The first-order chi connectivity index (χ1) is 18.9. The van der Waals surface area contributed by atoms with Gasteiger partial charge in [-0.3, -0.25) is 4.79 Å². The predicted molar refractivity (Wildman–Crippen MR) is 161 cm³/mol. The van der Waals surface area contributed by atoms with E-state index in [9.17, 15) is 13.2 Å². The topological polar surface area (TPSA) is 87.6 Å². The van der Waals surface area contributed by atoms with Crippen LogP contribution in [0.5, 0.6) is 0 Å². The van der Waals surface area contributed by atoms with Crippen LogP contribution in [0, 0.1) is 20.8 Å². The van der Waals surface area contributed by atoms with Crippen molar-refractivity contribution >= 4 is 27.4 Å². The Bertz CT molecular complexity index is 1630. The zero-order chi connectivity index (χ0) is 29.1. The molecule has 4 aromatic carbocycles. The maximum Gasteiger partial charge on any atom is 0.362 e. The molecular formula is C34H32N2O3S. The lowest BCUT2D eigenvalue weighted by molar-refractivity contribution is -0.00436. The van der Waals surface area contributed by atoms with Crippen LogP contribution in [0.4, 0.5) is 0 Å². The standard InChI is InChI=1S/C23H24.C11H8N2O3S/c1-17-5-11-20(12-6-17)23(4,21-13-7-18(2)8-14-21)22-15-9-19(3)10-16-22;1-17(15,16)10-4-2-3-8-7(10)5-6-9(13-12)11(8)14/h5-16H,1-4H3;2-6H,1H3. The van der Waals surface area contributed by atoms with Crippen LogP contribution in [0.2, 0.25) is 0 Å². The Morgan fingerprint density at radius 2 is 1.10 bits per heavy atom. The van der Waals surface area contributed by atoms with Gasteiger partial charge in [0, 0.05) is 28.9 Å². The highest BCUT2D eigenvalue weighted by atomic mass is 32.2. The van der Waals surface area contributed by atoms with Gasteiger partial charge in [-0.1, -0.05) is 102 Å². The molecule has 0 atom stereocenters. The largest absolute Gasteiger partial charge is 0.362 e. The Kier molecular flexibility index (Phi) is 8.15. The number of ketones is 1. The minimum Gasteiger partial charge on any atom is -0.361 e. The molecule has 0 N–H and O–H groups in total. The van der Waals surface area contributed by atoms with E-state index in [0.717, 1.165) is 6.26 Å². The van der Waals surface area contributed by atoms with Gasteiger partial charge in [-0.15, -0.1) is 0 Å². The Morgan fingerprint density at radius 3 is 1.48 bits per heavy atom. The summed E-state index contributed by atoms with van der Waals surface area (Å²) in [5.41, 5.74) is 16.8. The van der Waals surface area contributed by atoms with Crippen LogP contribution in [0.15, 0.2) is 102 Å². The Labute approximate surface area is 236 Å². The third-order valence-electron chi connectivity index (χ3n) is 7.35. The second-order valence-electron chi connectivity index (χ2n) is 10.4. The maximum absolute atomic E-state index is 11.8. The zero-order valence-corrected chi connectivity index (χ0v) is 24.2. The molecular weight excluding hydrogens is 516 g/mol. The molecule has 0 aromatic heterocycles. The van der Waals surface area contributed by atoms with E-state index in [-0.39, 0.29) is 21.6 Å². The van der Waals surface area contributed by atoms with Crippen LogP contribution in [-0.2, 0) is 15.3 Å². The molecule has 4 aromatic rings. The van der Waals surface area contributed by atoms with Crippen LogP contribution in [-0.4, -0.2) is 31.0 Å². The van der Waals surface area contributed by atoms with Crippen LogP contribution in [0.1, 0.15) is 56.2 Å². The summed E-state index contributed by atoms with van der Waals surface area (Å²) in [6, 6.07) is 31.2. The van der Waals surface area contributed by atoms with Crippen molar-refractivity contribution in [1.82, 2.24) is 0 Å². The highest BCUT2D eigenvalue weighted by Gasteiger charge is 2.31. The number of Topliss-reactive ketones (excluding diaryl/α,β-unsaturated/α-hetero) is 1. The average molecular weight is 549 g/mol. The fourth-order valence-corrected chi connectivity index (χ4v) is 5.76. The lowest BCUT2D eigenvalue weighted by Gasteiger charge is -2.32. The number of carbonyl (C=O) groups is 1. The highest BCUT2D eigenvalue weighted by molar-refractivity contribution is 7.90. The fourth-order valence-electron chi connectivity index (χ4n) is 4.85. The third kappa shape index (κ3) is 5.79. The monoisotopic (exact) mass is 548 g/mol. The van der Waals surface area contributed by atoms with Gasteiger partial charge in [-0.25, -0.2) is 8.42 Å². The molecule has 5 rings (SSSR count). The van der Waals surface area contributed by atoms with Crippen LogP contribution < -0.4 is 0 Å². The van der Waals surface area contributed by atoms with Crippen molar-refractivity contribution < 1.29 is 18.0 Å². The summed E-state index contributed by atoms with van der Waals surface area (Å²) in [5.74, 6) is -0.490. The molecule has 0 amide bonds. The molecule has 0 radical (unpaired) electrons. The second kappa shape index (κ2) is 11.4. The van der Waals surface area contributed by atoms with Crippen molar-refractivity contribution in [3.8, 4) is 0 Å². The summed E-state index contributed by atoms with van der Waals surface area (Å²) in [6.07, 6.45) is 3.83. The molecule has 0 heterocycles. The van der Waals surface area contributed by atoms with Crippen LogP contribution >= 0.6 is 0 Å². The van der Waals surface area contributed by atoms with Gasteiger partial charge in [0.2, 0.25) is 0 Å². The summed E-state index contributed by atoms with van der Waals surface area (Å²) in [4.78, 5) is 14.7. The first kappa shape index (κ1) is 28.6. The zero-order valence-electron chi connectivity index (χ0n) is 23.3. The van der Waals surface area contributed by atoms with Crippen molar-refractivity contribution in [2.24, 2.45) is 0 Å². The van der Waals surface area contributed by atoms with Crippen LogP contribution in [0.25, 0.3) is 11.6 Å². The minimum atomic E-state index is -3.40. The van der Waals surface area contributed by atoms with Crippen molar-refractivity contribution in [3.05, 3.63) is 147 Å². The number of rotatable bonds is 4. The number of aryl methyl sites for hydroxylation is 3. The van der Waals surface area contributed by atoms with Gasteiger partial charge in [0.05, 0.1) is 4.90 Å². The van der Waals surface area contributed by atoms with Crippen molar-refractivity contribution in [3.63, 3.8) is 0 Å². The molecule has 0 aliphatic heterocycles. The average Bonchev–Trinajstić information content (AvgIpc) is 2.94. The van der Waals surface area contributed by atoms with Gasteiger partial charge in [-0.05, 0) is 56.5 Å². The van der Waals surface area contributed by atoms with E-state index in [1.165, 1.54) is 63.7 Å². The lowest BCUT2D eigenvalue weighted by Crippen LogP contribution is -2.25. The molecule has 0 saturated carbocycles. The summed E-state index contributed by atoms with van der Waals surface area (Å²) < 4.78 is 23.1. The second-order valence-corrected chi connectivity index (χ2v) is 12.3. The van der Waals surface area contributed by atoms with Crippen molar-refractivity contribution in [1.29, 1.82) is 0 Å². The molecule has 0 unspecified atom stereocenters. The summed E-state index contributed by atoms with van der Waals surface area (Å²) >= 11 is 0. The molecule has 40 heavy (non-hydrogen) atoms. The van der Waals surface area contributed by atoms with E-state index in [0.29, 0.717) is 5.56 Å². The first-order valence-electron chi connectivity index (χ1n) is 12.9. The Morgan fingerprint density at radius 1 is 0.675 bits per heavy atom. The van der Waals surface area contributed by atoms with Crippen molar-refractivity contribution in [2.75, 3.05) is 6.26 Å². The first-order valence-corrected chi connectivity index (χ1v) is 14.8. The molecule has 0 fully saturated rings. The molecule has 5 nitrogen and oxygen atoms in total. The molecule has 0 spiro atoms. The minimum absolute atomic E-state index is 0.0941. The number of fused-ring (bicyclic) bond motifs is 1. The quantitative estimate of drug-likeness (QED) is 0.157. The van der Waals surface area contributed by atoms with Crippen LogP contribution in [0.3, 0.4) is 0 Å². The number of benzene rings is 4. The highest BCUT2D eigenvalue weighted by Crippen LogP contribution is 2.39. The van der Waals surface area contributed by atoms with Gasteiger partial charge in [0.25, 0.3) is 5.78 Å². The fraction of sp³-hybridized carbons (Fsp3) is 0.176. The molecule has 1 aliphatic carbocycles. The number of allylic oxidation sites excluding steroid dienone is 1. The van der Waals surface area contributed by atoms with Crippen molar-refractivity contribution in [2.45, 2.75) is 38.0 Å². The van der Waals surface area contributed by atoms with E-state index in [1.54, 1.807) is 0 Å². The predicted octanol–water partition coefficient (Wildman–Crippen LogP) is 6.94. The van der Waals surface area contributed by atoms with Gasteiger partial charge in [0.1, 0.15) is 0 Å². The number of hydrogen-bond donors (Lipinski definition) is 0. The lowest BCUT2D eigenvalue weighted by atomic mass is 9.71. The van der Waals surface area contributed by atoms with Gasteiger partial charge < -0.3 is 5.53 Å². The third-order valence-corrected chi connectivity index (χ3v) is 8.50. The van der Waals surface area contributed by atoms with E-state index in [4.69, 9.17) is 5.53 Å². The summed E-state index contributed by atoms with van der Waals surface area (Å²) in [7, 11) is -3.40. The van der Waals surface area contributed by atoms with E-state index in [1.807, 2.05) is 0 Å². The van der Waals surface area contributed by atoms with E-state index < -0.39 is 15.6 Å². The number of hydrogen-bond acceptors (Lipinski definition) is 3. The Hall–Kier alpha value is -4.38. The van der Waals surface area contributed by atoms with Gasteiger partial charge in [-0.2, -0.15) is 4.79 Å².